The molecule has 1 aromatic heterocycles. The van der Waals surface area contributed by atoms with Gasteiger partial charge in [0, 0.05) is 29.3 Å². The maximum Gasteiger partial charge on any atom is 0.272 e. The highest BCUT2D eigenvalue weighted by atomic mass is 79.9. The molecule has 1 amide bonds. The monoisotopic (exact) mass is 390 g/mol. The minimum absolute atomic E-state index is 0.0862. The zero-order chi connectivity index (χ0) is 17.1. The van der Waals surface area contributed by atoms with Crippen LogP contribution in [0.5, 0.6) is 0 Å². The normalized spacial score (nSPS) is 14.5. The third kappa shape index (κ3) is 3.91. The topological polar surface area (TPSA) is 67.4 Å². The lowest BCUT2D eigenvalue weighted by Gasteiger charge is -2.26. The Hall–Kier alpha value is -1.99. The van der Waals surface area contributed by atoms with Crippen molar-refractivity contribution < 1.29 is 9.53 Å². The molecule has 1 aliphatic heterocycles. The Kier molecular flexibility index (Phi) is 5.11. The maximum atomic E-state index is 12.6. The Labute approximate surface area is 149 Å². The van der Waals surface area contributed by atoms with Crippen LogP contribution in [0.1, 0.15) is 21.9 Å². The first kappa shape index (κ1) is 16.9. The van der Waals surface area contributed by atoms with Gasteiger partial charge < -0.3 is 15.0 Å². The average molecular weight is 391 g/mol. The van der Waals surface area contributed by atoms with E-state index in [4.69, 9.17) is 4.74 Å². The first-order valence-corrected chi connectivity index (χ1v) is 8.58. The molecule has 0 spiro atoms. The van der Waals surface area contributed by atoms with Gasteiger partial charge in [0.25, 0.3) is 5.91 Å². The standard InChI is InChI=1S/C17H19BrN4O2/c1-11-3-4-13(9-14(11)18)21-16-10-15(19-12(2)20-16)17(23)22-5-7-24-8-6-22/h3-4,9-10H,5-8H2,1-2H3,(H,19,20,21). The number of hydrogen-bond donors (Lipinski definition) is 1. The van der Waals surface area contributed by atoms with Crippen molar-refractivity contribution in [1.29, 1.82) is 0 Å². The number of aryl methyl sites for hydroxylation is 2. The Balaban J connectivity index is 1.82. The highest BCUT2D eigenvalue weighted by Gasteiger charge is 2.20. The van der Waals surface area contributed by atoms with Gasteiger partial charge >= 0.3 is 0 Å². The molecule has 1 aromatic carbocycles. The van der Waals surface area contributed by atoms with Gasteiger partial charge in [0.05, 0.1) is 13.2 Å². The Bertz CT molecular complexity index is 760. The molecule has 0 unspecified atom stereocenters. The minimum Gasteiger partial charge on any atom is -0.378 e. The van der Waals surface area contributed by atoms with E-state index in [1.807, 2.05) is 25.1 Å². The summed E-state index contributed by atoms with van der Waals surface area (Å²) in [6, 6.07) is 7.66. The summed E-state index contributed by atoms with van der Waals surface area (Å²) in [6.45, 7) is 6.13. The summed E-state index contributed by atoms with van der Waals surface area (Å²) in [5, 5.41) is 3.23. The second-order valence-corrected chi connectivity index (χ2v) is 6.53. The van der Waals surface area contributed by atoms with Gasteiger partial charge in [-0.25, -0.2) is 9.97 Å². The maximum absolute atomic E-state index is 12.6. The number of amides is 1. The van der Waals surface area contributed by atoms with Crippen LogP contribution >= 0.6 is 15.9 Å². The van der Waals surface area contributed by atoms with E-state index >= 15 is 0 Å². The summed E-state index contributed by atoms with van der Waals surface area (Å²) < 4.78 is 6.31. The number of aromatic nitrogens is 2. The van der Waals surface area contributed by atoms with Crippen molar-refractivity contribution in [3.05, 3.63) is 45.8 Å². The minimum atomic E-state index is -0.0862. The predicted molar refractivity (Wildman–Crippen MR) is 95.7 cm³/mol. The second kappa shape index (κ2) is 7.27. The first-order chi connectivity index (χ1) is 11.5. The molecule has 24 heavy (non-hydrogen) atoms. The average Bonchev–Trinajstić information content (AvgIpc) is 2.58. The highest BCUT2D eigenvalue weighted by Crippen LogP contribution is 2.23. The number of rotatable bonds is 3. The van der Waals surface area contributed by atoms with E-state index in [0.717, 1.165) is 15.7 Å². The van der Waals surface area contributed by atoms with Gasteiger partial charge in [-0.2, -0.15) is 0 Å². The number of anilines is 2. The first-order valence-electron chi connectivity index (χ1n) is 7.79. The number of nitrogens with one attached hydrogen (secondary N) is 1. The van der Waals surface area contributed by atoms with Crippen molar-refractivity contribution in [2.75, 3.05) is 31.6 Å². The van der Waals surface area contributed by atoms with Crippen LogP contribution in [-0.2, 0) is 4.74 Å². The smallest absolute Gasteiger partial charge is 0.272 e. The number of carbonyl (C=O) groups is 1. The van der Waals surface area contributed by atoms with Gasteiger partial charge in [-0.05, 0) is 31.5 Å². The van der Waals surface area contributed by atoms with Gasteiger partial charge in [-0.1, -0.05) is 22.0 Å². The van der Waals surface area contributed by atoms with E-state index in [-0.39, 0.29) is 5.91 Å². The zero-order valence-electron chi connectivity index (χ0n) is 13.7. The van der Waals surface area contributed by atoms with E-state index in [1.165, 1.54) is 0 Å². The summed E-state index contributed by atoms with van der Waals surface area (Å²) in [5.41, 5.74) is 2.45. The summed E-state index contributed by atoms with van der Waals surface area (Å²) in [7, 11) is 0. The molecule has 0 atom stereocenters. The SMILES string of the molecule is Cc1nc(Nc2ccc(C)c(Br)c2)cc(C(=O)N2CCOCC2)n1. The lowest BCUT2D eigenvalue weighted by atomic mass is 10.2. The number of morpholine rings is 1. The van der Waals surface area contributed by atoms with Gasteiger partial charge in [-0.15, -0.1) is 0 Å². The summed E-state index contributed by atoms with van der Waals surface area (Å²) in [6.07, 6.45) is 0. The number of halogens is 1. The summed E-state index contributed by atoms with van der Waals surface area (Å²) in [5.74, 6) is 1.08. The summed E-state index contributed by atoms with van der Waals surface area (Å²) >= 11 is 3.52. The highest BCUT2D eigenvalue weighted by molar-refractivity contribution is 9.10. The number of ether oxygens (including phenoxy) is 1. The summed E-state index contributed by atoms with van der Waals surface area (Å²) in [4.78, 5) is 23.0. The fraction of sp³-hybridized carbons (Fsp3) is 0.353. The van der Waals surface area contributed by atoms with Gasteiger partial charge in [0.15, 0.2) is 0 Å². The van der Waals surface area contributed by atoms with Crippen LogP contribution < -0.4 is 5.32 Å². The molecule has 0 aliphatic carbocycles. The molecule has 0 bridgehead atoms. The predicted octanol–water partition coefficient (Wildman–Crippen LogP) is 3.07. The molecule has 3 rings (SSSR count). The Morgan fingerprint density at radius 2 is 1.96 bits per heavy atom. The van der Waals surface area contributed by atoms with Gasteiger partial charge in [0.2, 0.25) is 0 Å². The van der Waals surface area contributed by atoms with Crippen molar-refractivity contribution in [1.82, 2.24) is 14.9 Å². The van der Waals surface area contributed by atoms with Crippen LogP contribution in [0.2, 0.25) is 0 Å². The van der Waals surface area contributed by atoms with Crippen LogP contribution in [0.4, 0.5) is 11.5 Å². The molecule has 6 nitrogen and oxygen atoms in total. The number of carbonyl (C=O) groups excluding carboxylic acids is 1. The number of nitrogens with zero attached hydrogens (tertiary/aromatic N) is 3. The Morgan fingerprint density at radius 1 is 1.21 bits per heavy atom. The van der Waals surface area contributed by atoms with Crippen molar-refractivity contribution in [3.63, 3.8) is 0 Å². The molecule has 1 aliphatic rings. The lowest BCUT2D eigenvalue weighted by Crippen LogP contribution is -2.41. The van der Waals surface area contributed by atoms with Crippen LogP contribution in [0.15, 0.2) is 28.7 Å². The molecule has 1 fully saturated rings. The van der Waals surface area contributed by atoms with E-state index in [2.05, 4.69) is 31.2 Å². The largest absolute Gasteiger partial charge is 0.378 e. The molecule has 2 heterocycles. The van der Waals surface area contributed by atoms with E-state index in [0.29, 0.717) is 43.6 Å². The fourth-order valence-electron chi connectivity index (χ4n) is 2.49. The van der Waals surface area contributed by atoms with E-state index in [9.17, 15) is 4.79 Å². The molecule has 7 heteroatoms. The van der Waals surface area contributed by atoms with Crippen LogP contribution in [0.3, 0.4) is 0 Å². The zero-order valence-corrected chi connectivity index (χ0v) is 15.3. The third-order valence-electron chi connectivity index (χ3n) is 3.80. The fourth-order valence-corrected chi connectivity index (χ4v) is 2.87. The molecular weight excluding hydrogens is 372 g/mol. The van der Waals surface area contributed by atoms with Crippen LogP contribution in [0.25, 0.3) is 0 Å². The molecule has 1 N–H and O–H groups in total. The molecule has 2 aromatic rings. The van der Waals surface area contributed by atoms with Crippen molar-refractivity contribution >= 4 is 33.3 Å². The molecule has 1 saturated heterocycles. The van der Waals surface area contributed by atoms with Gasteiger partial charge in [-0.3, -0.25) is 4.79 Å². The van der Waals surface area contributed by atoms with Crippen molar-refractivity contribution in [3.8, 4) is 0 Å². The Morgan fingerprint density at radius 3 is 2.67 bits per heavy atom. The molecule has 126 valence electrons. The molecule has 0 saturated carbocycles. The van der Waals surface area contributed by atoms with Crippen LogP contribution in [-0.4, -0.2) is 47.1 Å². The van der Waals surface area contributed by atoms with E-state index < -0.39 is 0 Å². The van der Waals surface area contributed by atoms with Crippen molar-refractivity contribution in [2.24, 2.45) is 0 Å². The quantitative estimate of drug-likeness (QED) is 0.871. The van der Waals surface area contributed by atoms with E-state index in [1.54, 1.807) is 17.9 Å². The molecular formula is C17H19BrN4O2. The van der Waals surface area contributed by atoms with Gasteiger partial charge in [0.1, 0.15) is 17.3 Å². The number of hydrogen-bond acceptors (Lipinski definition) is 5. The second-order valence-electron chi connectivity index (χ2n) is 5.68. The lowest BCUT2D eigenvalue weighted by molar-refractivity contribution is 0.0299. The molecule has 0 radical (unpaired) electrons. The van der Waals surface area contributed by atoms with Crippen LogP contribution in [0, 0.1) is 13.8 Å². The third-order valence-corrected chi connectivity index (χ3v) is 4.65. The van der Waals surface area contributed by atoms with Crippen molar-refractivity contribution in [2.45, 2.75) is 13.8 Å². The number of benzene rings is 1.